The Morgan fingerprint density at radius 2 is 1.77 bits per heavy atom. The Morgan fingerprint density at radius 1 is 1.12 bits per heavy atom. The van der Waals surface area contributed by atoms with Crippen molar-refractivity contribution in [2.45, 2.75) is 6.54 Å². The second-order valence-electron chi connectivity index (χ2n) is 6.19. The normalized spacial score (nSPS) is 15.9. The number of piperazine rings is 1. The Balaban J connectivity index is 1.38. The highest BCUT2D eigenvalue weighted by molar-refractivity contribution is 6.34. The van der Waals surface area contributed by atoms with E-state index in [-0.39, 0.29) is 11.7 Å². The summed E-state index contributed by atoms with van der Waals surface area (Å²) in [5, 5.41) is 4.05. The molecule has 1 aliphatic heterocycles. The van der Waals surface area contributed by atoms with Crippen molar-refractivity contribution >= 4 is 29.1 Å². The van der Waals surface area contributed by atoms with E-state index in [1.54, 1.807) is 6.07 Å². The number of aromatic amines is 1. The largest absolute Gasteiger partial charge is 0.416 e. The monoisotopic (exact) mass is 398 g/mol. The van der Waals surface area contributed by atoms with Crippen molar-refractivity contribution in [1.82, 2.24) is 20.1 Å². The van der Waals surface area contributed by atoms with E-state index in [1.165, 1.54) is 6.20 Å². The van der Waals surface area contributed by atoms with Crippen molar-refractivity contribution in [3.8, 4) is 0 Å². The van der Waals surface area contributed by atoms with E-state index in [9.17, 15) is 9.59 Å². The number of halogens is 2. The first-order chi connectivity index (χ1) is 12.5. The second kappa shape index (κ2) is 8.73. The zero-order valence-corrected chi connectivity index (χ0v) is 15.6. The molecule has 0 bridgehead atoms. The molecule has 9 heteroatoms. The molecule has 2 aromatic rings. The Bertz CT molecular complexity index is 792. The van der Waals surface area contributed by atoms with E-state index in [4.69, 9.17) is 27.6 Å². The third-order valence-electron chi connectivity index (χ3n) is 4.25. The summed E-state index contributed by atoms with van der Waals surface area (Å²) in [6, 6.07) is 5.61. The number of H-pyrrole nitrogens is 1. The standard InChI is InChI=1S/C17H20Cl2N4O3/c18-13-7-12(8-14(19)9-13)11-23-5-3-22(4-6-23)2-1-20-16(24)15-10-21-17(25)26-15/h7-10H,1-6,11H2,(H,20,24)(H,21,25). The molecule has 2 heterocycles. The average Bonchev–Trinajstić information content (AvgIpc) is 3.02. The molecule has 1 aliphatic rings. The van der Waals surface area contributed by atoms with Crippen LogP contribution >= 0.6 is 23.2 Å². The number of carbonyl (C=O) groups is 1. The van der Waals surface area contributed by atoms with E-state index in [1.807, 2.05) is 12.1 Å². The molecule has 7 nitrogen and oxygen atoms in total. The number of nitrogens with one attached hydrogen (secondary N) is 2. The zero-order valence-electron chi connectivity index (χ0n) is 14.1. The molecule has 3 rings (SSSR count). The van der Waals surface area contributed by atoms with Gasteiger partial charge in [0.15, 0.2) is 0 Å². The highest BCUT2D eigenvalue weighted by Gasteiger charge is 2.17. The first-order valence-corrected chi connectivity index (χ1v) is 9.11. The number of aromatic nitrogens is 1. The fraction of sp³-hybridized carbons (Fsp3) is 0.412. The van der Waals surface area contributed by atoms with Gasteiger partial charge in [-0.15, -0.1) is 0 Å². The lowest BCUT2D eigenvalue weighted by Gasteiger charge is -2.34. The SMILES string of the molecule is O=C(NCCN1CCN(Cc2cc(Cl)cc(Cl)c2)CC1)c1c[nH]c(=O)o1. The Hall–Kier alpha value is -1.80. The van der Waals surface area contributed by atoms with Crippen molar-refractivity contribution in [1.29, 1.82) is 0 Å². The minimum absolute atomic E-state index is 0.00000184. The van der Waals surface area contributed by atoms with Crippen LogP contribution in [0.5, 0.6) is 0 Å². The predicted octanol–water partition coefficient (Wildman–Crippen LogP) is 1.82. The van der Waals surface area contributed by atoms with Gasteiger partial charge >= 0.3 is 5.76 Å². The molecular weight excluding hydrogens is 379 g/mol. The lowest BCUT2D eigenvalue weighted by atomic mass is 10.2. The number of oxazole rings is 1. The van der Waals surface area contributed by atoms with Gasteiger partial charge < -0.3 is 9.73 Å². The molecule has 0 atom stereocenters. The molecular formula is C17H20Cl2N4O3. The van der Waals surface area contributed by atoms with Crippen LogP contribution in [-0.2, 0) is 6.54 Å². The summed E-state index contributed by atoms with van der Waals surface area (Å²) in [7, 11) is 0. The third kappa shape index (κ3) is 5.35. The van der Waals surface area contributed by atoms with Gasteiger partial charge in [-0.05, 0) is 23.8 Å². The second-order valence-corrected chi connectivity index (χ2v) is 7.07. The maximum atomic E-state index is 11.8. The highest BCUT2D eigenvalue weighted by Crippen LogP contribution is 2.20. The fourth-order valence-electron chi connectivity index (χ4n) is 2.94. The Kier molecular flexibility index (Phi) is 6.37. The molecule has 1 amide bonds. The minimum atomic E-state index is -0.632. The van der Waals surface area contributed by atoms with Gasteiger partial charge in [0.05, 0.1) is 6.20 Å². The smallest absolute Gasteiger partial charge is 0.403 e. The average molecular weight is 399 g/mol. The molecule has 0 spiro atoms. The van der Waals surface area contributed by atoms with E-state index in [0.29, 0.717) is 16.6 Å². The summed E-state index contributed by atoms with van der Waals surface area (Å²) in [4.78, 5) is 29.6. The summed E-state index contributed by atoms with van der Waals surface area (Å²) in [6.45, 7) is 5.77. The quantitative estimate of drug-likeness (QED) is 0.775. The number of hydrogen-bond acceptors (Lipinski definition) is 5. The molecule has 0 saturated carbocycles. The highest BCUT2D eigenvalue weighted by atomic mass is 35.5. The van der Waals surface area contributed by atoms with Crippen LogP contribution in [0.4, 0.5) is 0 Å². The molecule has 26 heavy (non-hydrogen) atoms. The Labute approximate surface area is 160 Å². The zero-order chi connectivity index (χ0) is 18.5. The van der Waals surface area contributed by atoms with E-state index in [2.05, 4.69) is 20.1 Å². The topological polar surface area (TPSA) is 81.6 Å². The summed E-state index contributed by atoms with van der Waals surface area (Å²) < 4.78 is 4.71. The number of amides is 1. The summed E-state index contributed by atoms with van der Waals surface area (Å²) >= 11 is 12.1. The number of rotatable bonds is 6. The molecule has 1 fully saturated rings. The van der Waals surface area contributed by atoms with Crippen molar-refractivity contribution in [2.24, 2.45) is 0 Å². The first-order valence-electron chi connectivity index (χ1n) is 8.36. The van der Waals surface area contributed by atoms with Crippen molar-refractivity contribution < 1.29 is 9.21 Å². The first kappa shape index (κ1) is 19.0. The number of benzene rings is 1. The van der Waals surface area contributed by atoms with Gasteiger partial charge in [-0.25, -0.2) is 4.79 Å². The van der Waals surface area contributed by atoms with Crippen molar-refractivity contribution in [3.63, 3.8) is 0 Å². The summed E-state index contributed by atoms with van der Waals surface area (Å²) in [5.74, 6) is -1.02. The third-order valence-corrected chi connectivity index (χ3v) is 4.69. The van der Waals surface area contributed by atoms with Gasteiger partial charge in [0, 0.05) is 55.9 Å². The molecule has 1 aromatic heterocycles. The van der Waals surface area contributed by atoms with E-state index >= 15 is 0 Å². The fourth-order valence-corrected chi connectivity index (χ4v) is 3.51. The maximum absolute atomic E-state index is 11.8. The van der Waals surface area contributed by atoms with E-state index < -0.39 is 5.76 Å². The van der Waals surface area contributed by atoms with Gasteiger partial charge in [0.1, 0.15) is 0 Å². The van der Waals surface area contributed by atoms with Crippen molar-refractivity contribution in [2.75, 3.05) is 39.3 Å². The van der Waals surface area contributed by atoms with Gasteiger partial charge in [-0.3, -0.25) is 19.6 Å². The number of carbonyl (C=O) groups excluding carboxylic acids is 1. The lowest BCUT2D eigenvalue weighted by Crippen LogP contribution is -2.48. The minimum Gasteiger partial charge on any atom is -0.403 e. The molecule has 140 valence electrons. The summed E-state index contributed by atoms with van der Waals surface area (Å²) in [6.07, 6.45) is 1.26. The van der Waals surface area contributed by atoms with Crippen LogP contribution in [0.3, 0.4) is 0 Å². The van der Waals surface area contributed by atoms with Crippen molar-refractivity contribution in [3.05, 3.63) is 56.3 Å². The van der Waals surface area contributed by atoms with Crippen LogP contribution < -0.4 is 11.1 Å². The maximum Gasteiger partial charge on any atom is 0.416 e. The molecule has 0 radical (unpaired) electrons. The van der Waals surface area contributed by atoms with Crippen LogP contribution in [0.25, 0.3) is 0 Å². The molecule has 2 N–H and O–H groups in total. The molecule has 0 aliphatic carbocycles. The van der Waals surface area contributed by atoms with Crippen LogP contribution in [-0.4, -0.2) is 60.0 Å². The summed E-state index contributed by atoms with van der Waals surface area (Å²) in [5.41, 5.74) is 1.11. The van der Waals surface area contributed by atoms with Crippen LogP contribution in [0, 0.1) is 0 Å². The van der Waals surface area contributed by atoms with Crippen LogP contribution in [0.1, 0.15) is 16.1 Å². The van der Waals surface area contributed by atoms with Gasteiger partial charge in [0.25, 0.3) is 5.91 Å². The lowest BCUT2D eigenvalue weighted by molar-refractivity contribution is 0.0905. The van der Waals surface area contributed by atoms with Crippen LogP contribution in [0.15, 0.2) is 33.6 Å². The van der Waals surface area contributed by atoms with Gasteiger partial charge in [-0.1, -0.05) is 23.2 Å². The van der Waals surface area contributed by atoms with Crippen LogP contribution in [0.2, 0.25) is 10.0 Å². The molecule has 1 aromatic carbocycles. The molecule has 0 unspecified atom stereocenters. The Morgan fingerprint density at radius 3 is 2.38 bits per heavy atom. The number of hydrogen-bond donors (Lipinski definition) is 2. The van der Waals surface area contributed by atoms with E-state index in [0.717, 1.165) is 44.8 Å². The predicted molar refractivity (Wildman–Crippen MR) is 99.8 cm³/mol. The number of nitrogens with zero attached hydrogens (tertiary/aromatic N) is 2. The molecule has 1 saturated heterocycles. The van der Waals surface area contributed by atoms with Gasteiger partial charge in [-0.2, -0.15) is 0 Å². The van der Waals surface area contributed by atoms with Gasteiger partial charge in [0.2, 0.25) is 5.76 Å².